The Hall–Kier alpha value is -3.62. The van der Waals surface area contributed by atoms with E-state index in [4.69, 9.17) is 9.47 Å². The second-order valence-corrected chi connectivity index (χ2v) is 7.43. The molecule has 9 nitrogen and oxygen atoms in total. The fourth-order valence-corrected chi connectivity index (χ4v) is 3.24. The van der Waals surface area contributed by atoms with Gasteiger partial charge in [-0.3, -0.25) is 9.59 Å². The molecule has 0 spiro atoms. The molecule has 2 amide bonds. The molecule has 0 aliphatic rings. The minimum absolute atomic E-state index is 0.163. The summed E-state index contributed by atoms with van der Waals surface area (Å²) in [6, 6.07) is 5.64. The first-order chi connectivity index (χ1) is 15.1. The lowest BCUT2D eigenvalue weighted by molar-refractivity contribution is -0.130. The Kier molecular flexibility index (Phi) is 8.17. The van der Waals surface area contributed by atoms with Crippen molar-refractivity contribution in [1.82, 2.24) is 10.3 Å². The Balaban J connectivity index is 1.96. The van der Waals surface area contributed by atoms with Crippen molar-refractivity contribution in [1.29, 1.82) is 0 Å². The van der Waals surface area contributed by atoms with Gasteiger partial charge in [0.2, 0.25) is 5.91 Å². The maximum absolute atomic E-state index is 12.6. The van der Waals surface area contributed by atoms with E-state index >= 15 is 0 Å². The Labute approximate surface area is 186 Å². The van der Waals surface area contributed by atoms with Gasteiger partial charge in [0.15, 0.2) is 6.10 Å². The summed E-state index contributed by atoms with van der Waals surface area (Å²) in [6.45, 7) is 9.97. The Morgan fingerprint density at radius 1 is 1.03 bits per heavy atom. The van der Waals surface area contributed by atoms with Crippen LogP contribution in [0.1, 0.15) is 57.1 Å². The van der Waals surface area contributed by atoms with Gasteiger partial charge in [0.05, 0.1) is 18.7 Å². The molecule has 2 aromatic rings. The molecule has 3 N–H and O–H groups in total. The van der Waals surface area contributed by atoms with Gasteiger partial charge in [0.25, 0.3) is 5.91 Å². The fourth-order valence-electron chi connectivity index (χ4n) is 3.24. The summed E-state index contributed by atoms with van der Waals surface area (Å²) in [5.74, 6) is -2.35. The van der Waals surface area contributed by atoms with E-state index in [1.54, 1.807) is 20.8 Å². The van der Waals surface area contributed by atoms with Gasteiger partial charge in [-0.25, -0.2) is 9.59 Å². The molecule has 1 aromatic heterocycles. The number of nitrogens with one attached hydrogen (secondary N) is 3. The van der Waals surface area contributed by atoms with Crippen molar-refractivity contribution in [2.24, 2.45) is 0 Å². The first-order valence-electron chi connectivity index (χ1n) is 10.3. The zero-order chi connectivity index (χ0) is 24.0. The van der Waals surface area contributed by atoms with Gasteiger partial charge in [-0.15, -0.1) is 0 Å². The van der Waals surface area contributed by atoms with Crippen LogP contribution in [0.5, 0.6) is 0 Å². The van der Waals surface area contributed by atoms with E-state index in [9.17, 15) is 19.2 Å². The Morgan fingerprint density at radius 3 is 2.25 bits per heavy atom. The minimum atomic E-state index is -1.14. The molecule has 9 heteroatoms. The molecule has 0 bridgehead atoms. The highest BCUT2D eigenvalue weighted by Gasteiger charge is 2.26. The highest BCUT2D eigenvalue weighted by molar-refractivity contribution is 6.00. The number of aromatic nitrogens is 1. The van der Waals surface area contributed by atoms with E-state index in [-0.39, 0.29) is 24.4 Å². The largest absolute Gasteiger partial charge is 0.461 e. The number of aromatic amines is 1. The summed E-state index contributed by atoms with van der Waals surface area (Å²) in [6.07, 6.45) is -1.14. The van der Waals surface area contributed by atoms with Crippen LogP contribution in [0, 0.1) is 27.7 Å². The van der Waals surface area contributed by atoms with Crippen LogP contribution in [0.4, 0.5) is 5.69 Å². The van der Waals surface area contributed by atoms with Crippen molar-refractivity contribution < 1.29 is 28.7 Å². The topological polar surface area (TPSA) is 127 Å². The van der Waals surface area contributed by atoms with E-state index in [1.807, 2.05) is 32.0 Å². The van der Waals surface area contributed by atoms with Crippen LogP contribution in [0.2, 0.25) is 0 Å². The van der Waals surface area contributed by atoms with Gasteiger partial charge in [-0.2, -0.15) is 0 Å². The van der Waals surface area contributed by atoms with Crippen LogP contribution in [-0.2, 0) is 19.1 Å². The second kappa shape index (κ2) is 10.6. The summed E-state index contributed by atoms with van der Waals surface area (Å²) in [4.78, 5) is 52.0. The molecule has 1 atom stereocenters. The number of rotatable bonds is 8. The third kappa shape index (κ3) is 5.75. The smallest absolute Gasteiger partial charge is 0.355 e. The maximum atomic E-state index is 12.6. The number of carbonyl (C=O) groups is 4. The molecule has 0 saturated heterocycles. The van der Waals surface area contributed by atoms with Crippen molar-refractivity contribution >= 4 is 29.4 Å². The number of aryl methyl sites for hydroxylation is 3. The number of benzene rings is 1. The number of H-pyrrole nitrogens is 1. The average molecular weight is 444 g/mol. The van der Waals surface area contributed by atoms with Crippen LogP contribution in [0.15, 0.2) is 18.2 Å². The van der Waals surface area contributed by atoms with Crippen LogP contribution in [0.3, 0.4) is 0 Å². The summed E-state index contributed by atoms with van der Waals surface area (Å²) >= 11 is 0. The van der Waals surface area contributed by atoms with E-state index < -0.39 is 29.9 Å². The molecule has 32 heavy (non-hydrogen) atoms. The average Bonchev–Trinajstić information content (AvgIpc) is 3.03. The molecule has 172 valence electrons. The SMILES string of the molecule is CCOC(=O)c1[nH]c(C)c(C(=O)OC(C)C(=O)NCC(=O)Nc2c(C)cccc2C)c1C. The molecule has 0 saturated carbocycles. The van der Waals surface area contributed by atoms with Crippen molar-refractivity contribution in [3.8, 4) is 0 Å². The van der Waals surface area contributed by atoms with E-state index in [0.29, 0.717) is 16.9 Å². The molecule has 1 heterocycles. The van der Waals surface area contributed by atoms with Gasteiger partial charge < -0.3 is 25.1 Å². The standard InChI is InChI=1S/C23H29N3O6/c1-7-31-23(30)20-14(4)18(15(5)25-20)22(29)32-16(6)21(28)24-11-17(27)26-19-12(2)9-8-10-13(19)3/h8-10,16,25H,7,11H2,1-6H3,(H,24,28)(H,26,27). The van der Waals surface area contributed by atoms with Crippen molar-refractivity contribution in [2.45, 2.75) is 47.6 Å². The number of para-hydroxylation sites is 1. The molecule has 0 fully saturated rings. The van der Waals surface area contributed by atoms with E-state index in [1.165, 1.54) is 6.92 Å². The molecule has 0 aliphatic heterocycles. The Bertz CT molecular complexity index is 1020. The highest BCUT2D eigenvalue weighted by Crippen LogP contribution is 2.21. The van der Waals surface area contributed by atoms with Crippen LogP contribution >= 0.6 is 0 Å². The molecule has 2 rings (SSSR count). The monoisotopic (exact) mass is 443 g/mol. The number of anilines is 1. The summed E-state index contributed by atoms with van der Waals surface area (Å²) in [7, 11) is 0. The maximum Gasteiger partial charge on any atom is 0.355 e. The van der Waals surface area contributed by atoms with Crippen LogP contribution in [-0.4, -0.2) is 48.0 Å². The van der Waals surface area contributed by atoms with Gasteiger partial charge in [0.1, 0.15) is 5.69 Å². The molecule has 1 unspecified atom stereocenters. The molecule has 0 aliphatic carbocycles. The minimum Gasteiger partial charge on any atom is -0.461 e. The summed E-state index contributed by atoms with van der Waals surface area (Å²) in [5, 5.41) is 5.23. The van der Waals surface area contributed by atoms with Gasteiger partial charge >= 0.3 is 11.9 Å². The molecular formula is C23H29N3O6. The van der Waals surface area contributed by atoms with Gasteiger partial charge in [-0.05, 0) is 58.2 Å². The van der Waals surface area contributed by atoms with Crippen molar-refractivity contribution in [3.63, 3.8) is 0 Å². The normalized spacial score (nSPS) is 11.4. The Morgan fingerprint density at radius 2 is 1.66 bits per heavy atom. The zero-order valence-corrected chi connectivity index (χ0v) is 19.2. The molecule has 0 radical (unpaired) electrons. The third-order valence-electron chi connectivity index (χ3n) is 4.94. The highest BCUT2D eigenvalue weighted by atomic mass is 16.5. The van der Waals surface area contributed by atoms with Gasteiger partial charge in [0, 0.05) is 11.4 Å². The van der Waals surface area contributed by atoms with Gasteiger partial charge in [-0.1, -0.05) is 18.2 Å². The van der Waals surface area contributed by atoms with E-state index in [2.05, 4.69) is 15.6 Å². The lowest BCUT2D eigenvalue weighted by Crippen LogP contribution is -2.40. The summed E-state index contributed by atoms with van der Waals surface area (Å²) < 4.78 is 10.2. The molecule has 1 aromatic carbocycles. The predicted octanol–water partition coefficient (Wildman–Crippen LogP) is 2.73. The van der Waals surface area contributed by atoms with Crippen LogP contribution in [0.25, 0.3) is 0 Å². The summed E-state index contributed by atoms with van der Waals surface area (Å²) in [5.41, 5.74) is 3.65. The number of hydrogen-bond acceptors (Lipinski definition) is 6. The molecular weight excluding hydrogens is 414 g/mol. The predicted molar refractivity (Wildman–Crippen MR) is 119 cm³/mol. The lowest BCUT2D eigenvalue weighted by atomic mass is 10.1. The zero-order valence-electron chi connectivity index (χ0n) is 19.2. The first kappa shape index (κ1) is 24.6. The number of ether oxygens (including phenoxy) is 2. The quantitative estimate of drug-likeness (QED) is 0.539. The van der Waals surface area contributed by atoms with Crippen molar-refractivity contribution in [2.75, 3.05) is 18.5 Å². The van der Waals surface area contributed by atoms with Crippen molar-refractivity contribution in [3.05, 3.63) is 51.8 Å². The van der Waals surface area contributed by atoms with E-state index in [0.717, 1.165) is 11.1 Å². The number of carbonyl (C=O) groups excluding carboxylic acids is 4. The fraction of sp³-hybridized carbons (Fsp3) is 0.391. The lowest BCUT2D eigenvalue weighted by Gasteiger charge is -2.15. The number of amides is 2. The third-order valence-corrected chi connectivity index (χ3v) is 4.94. The first-order valence-corrected chi connectivity index (χ1v) is 10.3. The number of esters is 2. The second-order valence-electron chi connectivity index (χ2n) is 7.43. The number of hydrogen-bond donors (Lipinski definition) is 3. The van der Waals surface area contributed by atoms with Crippen LogP contribution < -0.4 is 10.6 Å².